The van der Waals surface area contributed by atoms with Crippen LogP contribution in [0.3, 0.4) is 0 Å². The molecule has 0 saturated heterocycles. The average molecular weight is 227 g/mol. The summed E-state index contributed by atoms with van der Waals surface area (Å²) in [6, 6.07) is 7.17. The van der Waals surface area contributed by atoms with Gasteiger partial charge < -0.3 is 5.73 Å². The van der Waals surface area contributed by atoms with Crippen molar-refractivity contribution in [3.63, 3.8) is 0 Å². The van der Waals surface area contributed by atoms with E-state index in [4.69, 9.17) is 5.73 Å². The Morgan fingerprint density at radius 3 is 2.40 bits per heavy atom. The zero-order chi connectivity index (χ0) is 11.6. The first-order chi connectivity index (χ1) is 6.82. The molecule has 0 aliphatic rings. The highest BCUT2D eigenvalue weighted by atomic mass is 32.2. The summed E-state index contributed by atoms with van der Waals surface area (Å²) < 4.78 is 22.7. The summed E-state index contributed by atoms with van der Waals surface area (Å²) in [7, 11) is -3.09. The van der Waals surface area contributed by atoms with Gasteiger partial charge in [-0.05, 0) is 19.4 Å². The summed E-state index contributed by atoms with van der Waals surface area (Å²) >= 11 is 0. The van der Waals surface area contributed by atoms with Crippen LogP contribution in [-0.2, 0) is 9.84 Å². The van der Waals surface area contributed by atoms with E-state index in [0.717, 1.165) is 11.1 Å². The molecule has 2 atom stereocenters. The molecule has 0 fully saturated rings. The molecule has 0 spiro atoms. The van der Waals surface area contributed by atoms with Crippen LogP contribution in [0.1, 0.15) is 24.1 Å². The van der Waals surface area contributed by atoms with Crippen LogP contribution < -0.4 is 5.73 Å². The summed E-state index contributed by atoms with van der Waals surface area (Å²) in [5.41, 5.74) is 7.87. The van der Waals surface area contributed by atoms with E-state index < -0.39 is 21.1 Å². The second kappa shape index (κ2) is 4.33. The van der Waals surface area contributed by atoms with Crippen molar-refractivity contribution in [2.75, 3.05) is 6.26 Å². The van der Waals surface area contributed by atoms with Gasteiger partial charge in [-0.15, -0.1) is 0 Å². The Hall–Kier alpha value is -0.870. The minimum absolute atomic E-state index is 0.458. The molecule has 0 aliphatic heterocycles. The van der Waals surface area contributed by atoms with Gasteiger partial charge in [-0.1, -0.05) is 29.8 Å². The highest BCUT2D eigenvalue weighted by Gasteiger charge is 2.23. The maximum atomic E-state index is 11.4. The number of rotatable bonds is 3. The van der Waals surface area contributed by atoms with Gasteiger partial charge in [0.25, 0.3) is 0 Å². The second-order valence-corrected chi connectivity index (χ2v) is 6.38. The second-order valence-electron chi connectivity index (χ2n) is 3.97. The Kier molecular flexibility index (Phi) is 3.52. The summed E-state index contributed by atoms with van der Waals surface area (Å²) in [4.78, 5) is 0. The van der Waals surface area contributed by atoms with E-state index in [9.17, 15) is 8.42 Å². The highest BCUT2D eigenvalue weighted by molar-refractivity contribution is 7.91. The normalized spacial score (nSPS) is 16.0. The molecule has 0 radical (unpaired) electrons. The van der Waals surface area contributed by atoms with E-state index in [2.05, 4.69) is 0 Å². The van der Waals surface area contributed by atoms with Gasteiger partial charge in [-0.2, -0.15) is 0 Å². The SMILES string of the molecule is Cc1cccc([C@H](N)[C@H](C)S(C)(=O)=O)c1. The molecule has 84 valence electrons. The molecule has 2 N–H and O–H groups in total. The minimum atomic E-state index is -3.09. The molecule has 15 heavy (non-hydrogen) atoms. The van der Waals surface area contributed by atoms with Crippen LogP contribution in [0.2, 0.25) is 0 Å². The number of aryl methyl sites for hydroxylation is 1. The maximum Gasteiger partial charge on any atom is 0.151 e. The summed E-state index contributed by atoms with van der Waals surface area (Å²) in [6.07, 6.45) is 1.22. The quantitative estimate of drug-likeness (QED) is 0.849. The molecule has 0 bridgehead atoms. The number of hydrogen-bond donors (Lipinski definition) is 1. The Morgan fingerprint density at radius 1 is 1.33 bits per heavy atom. The molecule has 1 aromatic rings. The molecule has 3 nitrogen and oxygen atoms in total. The standard InChI is InChI=1S/C11H17NO2S/c1-8-5-4-6-10(7-8)11(12)9(2)15(3,13)14/h4-7,9,11H,12H2,1-3H3/t9-,11+/m0/s1. The molecule has 0 aliphatic carbocycles. The lowest BCUT2D eigenvalue weighted by molar-refractivity contribution is 0.570. The Bertz CT molecular complexity index is 440. The Balaban J connectivity index is 3.00. The lowest BCUT2D eigenvalue weighted by Gasteiger charge is -2.18. The average Bonchev–Trinajstić information content (AvgIpc) is 2.14. The zero-order valence-corrected chi connectivity index (χ0v) is 10.1. The van der Waals surface area contributed by atoms with Gasteiger partial charge in [-0.25, -0.2) is 8.42 Å². The predicted molar refractivity (Wildman–Crippen MR) is 62.4 cm³/mol. The van der Waals surface area contributed by atoms with Crippen molar-refractivity contribution in [3.8, 4) is 0 Å². The van der Waals surface area contributed by atoms with Crippen molar-refractivity contribution < 1.29 is 8.42 Å². The first-order valence-corrected chi connectivity index (χ1v) is 6.79. The topological polar surface area (TPSA) is 60.2 Å². The fraction of sp³-hybridized carbons (Fsp3) is 0.455. The first kappa shape index (κ1) is 12.2. The monoisotopic (exact) mass is 227 g/mol. The third-order valence-electron chi connectivity index (χ3n) is 2.61. The van der Waals surface area contributed by atoms with Crippen molar-refractivity contribution in [2.24, 2.45) is 5.73 Å². The van der Waals surface area contributed by atoms with Crippen molar-refractivity contribution in [1.82, 2.24) is 0 Å². The van der Waals surface area contributed by atoms with Crippen LogP contribution >= 0.6 is 0 Å². The fourth-order valence-electron chi connectivity index (χ4n) is 1.41. The van der Waals surface area contributed by atoms with Crippen molar-refractivity contribution >= 4 is 9.84 Å². The maximum absolute atomic E-state index is 11.4. The molecule has 0 unspecified atom stereocenters. The summed E-state index contributed by atoms with van der Waals surface area (Å²) in [5.74, 6) is 0. The zero-order valence-electron chi connectivity index (χ0n) is 9.27. The number of nitrogens with two attached hydrogens (primary N) is 1. The summed E-state index contributed by atoms with van der Waals surface area (Å²) in [6.45, 7) is 3.60. The molecule has 1 rings (SSSR count). The molecule has 0 saturated carbocycles. The Morgan fingerprint density at radius 2 is 1.93 bits per heavy atom. The van der Waals surface area contributed by atoms with Crippen LogP contribution in [0.5, 0.6) is 0 Å². The van der Waals surface area contributed by atoms with E-state index >= 15 is 0 Å². The largest absolute Gasteiger partial charge is 0.323 e. The molecule has 4 heteroatoms. The van der Waals surface area contributed by atoms with Crippen LogP contribution in [-0.4, -0.2) is 19.9 Å². The summed E-state index contributed by atoms with van der Waals surface area (Å²) in [5, 5.41) is -0.556. The van der Waals surface area contributed by atoms with E-state index in [-0.39, 0.29) is 0 Å². The molecule has 1 aromatic carbocycles. The number of hydrogen-bond acceptors (Lipinski definition) is 3. The van der Waals surface area contributed by atoms with Gasteiger partial charge in [0.15, 0.2) is 9.84 Å². The van der Waals surface area contributed by atoms with Gasteiger partial charge in [0.1, 0.15) is 0 Å². The van der Waals surface area contributed by atoms with E-state index in [1.807, 2.05) is 31.2 Å². The molecular weight excluding hydrogens is 210 g/mol. The van der Waals surface area contributed by atoms with Gasteiger partial charge >= 0.3 is 0 Å². The molecule has 0 heterocycles. The minimum Gasteiger partial charge on any atom is -0.323 e. The van der Waals surface area contributed by atoms with Crippen molar-refractivity contribution in [1.29, 1.82) is 0 Å². The van der Waals surface area contributed by atoms with E-state index in [0.29, 0.717) is 0 Å². The molecular formula is C11H17NO2S. The molecule has 0 amide bonds. The van der Waals surface area contributed by atoms with E-state index in [1.165, 1.54) is 6.26 Å². The van der Waals surface area contributed by atoms with Crippen LogP contribution in [0.4, 0.5) is 0 Å². The van der Waals surface area contributed by atoms with Crippen molar-refractivity contribution in [3.05, 3.63) is 35.4 Å². The molecule has 0 aromatic heterocycles. The predicted octanol–water partition coefficient (Wildman–Crippen LogP) is 1.43. The number of sulfone groups is 1. The fourth-order valence-corrected chi connectivity index (χ4v) is 2.10. The van der Waals surface area contributed by atoms with Gasteiger partial charge in [0.2, 0.25) is 0 Å². The van der Waals surface area contributed by atoms with Crippen LogP contribution in [0, 0.1) is 6.92 Å². The Labute approximate surface area is 91.2 Å². The van der Waals surface area contributed by atoms with Crippen LogP contribution in [0.25, 0.3) is 0 Å². The third kappa shape index (κ3) is 3.04. The van der Waals surface area contributed by atoms with Gasteiger partial charge in [-0.3, -0.25) is 0 Å². The van der Waals surface area contributed by atoms with Crippen LogP contribution in [0.15, 0.2) is 24.3 Å². The van der Waals surface area contributed by atoms with Gasteiger partial charge in [0.05, 0.1) is 5.25 Å². The smallest absolute Gasteiger partial charge is 0.151 e. The number of benzene rings is 1. The lowest BCUT2D eigenvalue weighted by Crippen LogP contribution is -2.30. The highest BCUT2D eigenvalue weighted by Crippen LogP contribution is 2.19. The van der Waals surface area contributed by atoms with Gasteiger partial charge in [0, 0.05) is 12.3 Å². The first-order valence-electron chi connectivity index (χ1n) is 4.83. The van der Waals surface area contributed by atoms with Crippen molar-refractivity contribution in [2.45, 2.75) is 25.1 Å². The lowest BCUT2D eigenvalue weighted by atomic mass is 10.0. The third-order valence-corrected chi connectivity index (χ3v) is 4.25. The van der Waals surface area contributed by atoms with E-state index in [1.54, 1.807) is 6.92 Å².